The molecule has 0 aliphatic carbocycles. The van der Waals surface area contributed by atoms with Crippen molar-refractivity contribution in [3.8, 4) is 33.6 Å². The first kappa shape index (κ1) is 26.7. The van der Waals surface area contributed by atoms with Crippen molar-refractivity contribution in [1.82, 2.24) is 39.9 Å². The molecule has 5 heterocycles. The van der Waals surface area contributed by atoms with Crippen molar-refractivity contribution in [2.45, 2.75) is 19.4 Å². The highest BCUT2D eigenvalue weighted by molar-refractivity contribution is 6.00. The van der Waals surface area contributed by atoms with Gasteiger partial charge in [-0.15, -0.1) is 0 Å². The van der Waals surface area contributed by atoms with E-state index in [0.717, 1.165) is 87.0 Å². The van der Waals surface area contributed by atoms with E-state index in [-0.39, 0.29) is 5.82 Å². The number of nitrogens with zero attached hydrogens (tertiary/aromatic N) is 6. The molecule has 41 heavy (non-hydrogen) atoms. The number of hydrogen-bond donors (Lipinski definition) is 2. The zero-order valence-corrected chi connectivity index (χ0v) is 23.7. The second-order valence-corrected chi connectivity index (χ2v) is 11.1. The van der Waals surface area contributed by atoms with Gasteiger partial charge in [-0.2, -0.15) is 5.10 Å². The lowest BCUT2D eigenvalue weighted by molar-refractivity contribution is 0.400. The molecule has 0 fully saturated rings. The number of fused-ring (bicyclic) bond motifs is 2. The summed E-state index contributed by atoms with van der Waals surface area (Å²) in [5.41, 5.74) is 8.96. The van der Waals surface area contributed by atoms with Crippen LogP contribution in [-0.4, -0.2) is 74.7 Å². The van der Waals surface area contributed by atoms with Gasteiger partial charge in [-0.05, 0) is 94.6 Å². The van der Waals surface area contributed by atoms with Gasteiger partial charge < -0.3 is 14.8 Å². The lowest BCUT2D eigenvalue weighted by atomic mass is 9.99. The lowest BCUT2D eigenvalue weighted by Crippen LogP contribution is -2.13. The van der Waals surface area contributed by atoms with E-state index in [1.54, 1.807) is 24.5 Å². The summed E-state index contributed by atoms with van der Waals surface area (Å²) in [6.07, 6.45) is 11.0. The Kier molecular flexibility index (Phi) is 7.30. The average molecular weight is 549 g/mol. The van der Waals surface area contributed by atoms with E-state index in [2.05, 4.69) is 64.2 Å². The molecule has 6 aromatic rings. The monoisotopic (exact) mass is 548 g/mol. The quantitative estimate of drug-likeness (QED) is 0.233. The van der Waals surface area contributed by atoms with Gasteiger partial charge >= 0.3 is 0 Å². The maximum Gasteiger partial charge on any atom is 0.181 e. The Balaban J connectivity index is 1.37. The van der Waals surface area contributed by atoms with Crippen LogP contribution >= 0.6 is 0 Å². The van der Waals surface area contributed by atoms with E-state index in [0.29, 0.717) is 5.65 Å². The average Bonchev–Trinajstić information content (AvgIpc) is 3.56. The standard InChI is InChI=1S/C32H33FN8/c1-40(2)7-5-6-20-8-22(11-25(33)10-20)28-17-35-18-30-26(28)13-29(37-30)31-27-12-24(16-36-32(27)39-38-31)23-9-21(14-34-15-23)19-41(3)4/h8-18,37H,5-7,19H2,1-4H3,(H,36,38,39). The van der Waals surface area contributed by atoms with Crippen LogP contribution in [-0.2, 0) is 13.0 Å². The van der Waals surface area contributed by atoms with Gasteiger partial charge in [0.1, 0.15) is 5.82 Å². The molecule has 0 radical (unpaired) electrons. The first-order valence-corrected chi connectivity index (χ1v) is 13.7. The van der Waals surface area contributed by atoms with Crippen LogP contribution in [0.4, 0.5) is 4.39 Å². The van der Waals surface area contributed by atoms with E-state index in [1.807, 2.05) is 46.8 Å². The molecule has 0 aliphatic rings. The van der Waals surface area contributed by atoms with Crippen molar-refractivity contribution in [2.24, 2.45) is 0 Å². The van der Waals surface area contributed by atoms with Crippen LogP contribution in [0.25, 0.3) is 55.6 Å². The highest BCUT2D eigenvalue weighted by atomic mass is 19.1. The summed E-state index contributed by atoms with van der Waals surface area (Å²) in [6.45, 7) is 1.76. The Bertz CT molecular complexity index is 1840. The number of pyridine rings is 3. The van der Waals surface area contributed by atoms with E-state index < -0.39 is 0 Å². The number of benzene rings is 1. The van der Waals surface area contributed by atoms with Crippen molar-refractivity contribution in [2.75, 3.05) is 34.7 Å². The Hall–Kier alpha value is -4.47. The predicted octanol–water partition coefficient (Wildman–Crippen LogP) is 5.93. The zero-order valence-electron chi connectivity index (χ0n) is 23.7. The van der Waals surface area contributed by atoms with Gasteiger partial charge in [0.15, 0.2) is 5.65 Å². The first-order chi connectivity index (χ1) is 19.8. The summed E-state index contributed by atoms with van der Waals surface area (Å²) < 4.78 is 14.7. The molecule has 5 aromatic heterocycles. The topological polar surface area (TPSA) is 89.6 Å². The first-order valence-electron chi connectivity index (χ1n) is 13.7. The van der Waals surface area contributed by atoms with Gasteiger partial charge in [-0.3, -0.25) is 15.1 Å². The minimum atomic E-state index is -0.238. The SMILES string of the molecule is CN(C)CCCc1cc(F)cc(-c2cncc3[nH]c(-c4[nH]nc5ncc(-c6cncc(CN(C)C)c6)cc45)cc23)c1. The molecule has 1 aromatic carbocycles. The van der Waals surface area contributed by atoms with Crippen molar-refractivity contribution in [3.63, 3.8) is 0 Å². The van der Waals surface area contributed by atoms with Crippen LogP contribution in [0, 0.1) is 5.82 Å². The molecule has 0 aliphatic heterocycles. The summed E-state index contributed by atoms with van der Waals surface area (Å²) >= 11 is 0. The minimum absolute atomic E-state index is 0.238. The Morgan fingerprint density at radius 2 is 1.56 bits per heavy atom. The van der Waals surface area contributed by atoms with Gasteiger partial charge in [0, 0.05) is 58.8 Å². The summed E-state index contributed by atoms with van der Waals surface area (Å²) in [5, 5.41) is 9.48. The summed E-state index contributed by atoms with van der Waals surface area (Å²) in [5.74, 6) is -0.238. The Morgan fingerprint density at radius 1 is 0.756 bits per heavy atom. The highest BCUT2D eigenvalue weighted by Crippen LogP contribution is 2.35. The van der Waals surface area contributed by atoms with E-state index in [1.165, 1.54) is 0 Å². The van der Waals surface area contributed by atoms with Crippen LogP contribution in [0.3, 0.4) is 0 Å². The molecule has 208 valence electrons. The minimum Gasteiger partial charge on any atom is -0.352 e. The second-order valence-electron chi connectivity index (χ2n) is 11.1. The van der Waals surface area contributed by atoms with E-state index >= 15 is 0 Å². The molecule has 0 atom stereocenters. The largest absolute Gasteiger partial charge is 0.352 e. The summed E-state index contributed by atoms with van der Waals surface area (Å²) in [6, 6.07) is 11.6. The summed E-state index contributed by atoms with van der Waals surface area (Å²) in [7, 11) is 8.18. The number of aromatic amines is 2. The normalized spacial score (nSPS) is 11.9. The fourth-order valence-corrected chi connectivity index (χ4v) is 5.33. The number of H-pyrrole nitrogens is 2. The zero-order chi connectivity index (χ0) is 28.5. The molecule has 0 bridgehead atoms. The maximum atomic E-state index is 14.7. The van der Waals surface area contributed by atoms with E-state index in [4.69, 9.17) is 0 Å². The maximum absolute atomic E-state index is 14.7. The third-order valence-corrected chi connectivity index (χ3v) is 7.19. The van der Waals surface area contributed by atoms with Gasteiger partial charge in [0.25, 0.3) is 0 Å². The molecule has 0 unspecified atom stereocenters. The number of aromatic nitrogens is 6. The van der Waals surface area contributed by atoms with Crippen molar-refractivity contribution in [1.29, 1.82) is 0 Å². The lowest BCUT2D eigenvalue weighted by Gasteiger charge is -2.10. The number of aryl methyl sites for hydroxylation is 1. The Morgan fingerprint density at radius 3 is 2.39 bits per heavy atom. The fraction of sp³-hybridized carbons (Fsp3) is 0.250. The highest BCUT2D eigenvalue weighted by Gasteiger charge is 2.16. The second kappa shape index (κ2) is 11.2. The fourth-order valence-electron chi connectivity index (χ4n) is 5.33. The molecule has 0 saturated carbocycles. The van der Waals surface area contributed by atoms with Crippen LogP contribution in [0.1, 0.15) is 17.5 Å². The molecule has 0 amide bonds. The van der Waals surface area contributed by atoms with E-state index in [9.17, 15) is 4.39 Å². The molecule has 8 nitrogen and oxygen atoms in total. The van der Waals surface area contributed by atoms with Crippen molar-refractivity contribution in [3.05, 3.63) is 84.3 Å². The van der Waals surface area contributed by atoms with Gasteiger partial charge in [0.05, 0.1) is 23.1 Å². The molecular formula is C32H33FN8. The third-order valence-electron chi connectivity index (χ3n) is 7.19. The molecule has 9 heteroatoms. The molecule has 6 rings (SSSR count). The van der Waals surface area contributed by atoms with Gasteiger partial charge in [-0.1, -0.05) is 6.07 Å². The van der Waals surface area contributed by atoms with Crippen LogP contribution in [0.5, 0.6) is 0 Å². The van der Waals surface area contributed by atoms with Crippen molar-refractivity contribution >= 4 is 21.9 Å². The van der Waals surface area contributed by atoms with Crippen LogP contribution < -0.4 is 0 Å². The predicted molar refractivity (Wildman–Crippen MR) is 162 cm³/mol. The molecule has 2 N–H and O–H groups in total. The number of hydrogen-bond acceptors (Lipinski definition) is 6. The number of nitrogens with one attached hydrogen (secondary N) is 2. The molecule has 0 spiro atoms. The smallest absolute Gasteiger partial charge is 0.181 e. The van der Waals surface area contributed by atoms with Crippen LogP contribution in [0.15, 0.2) is 67.4 Å². The Labute approximate surface area is 238 Å². The number of rotatable bonds is 9. The third kappa shape index (κ3) is 5.73. The van der Waals surface area contributed by atoms with Gasteiger partial charge in [0.2, 0.25) is 0 Å². The molecule has 0 saturated heterocycles. The summed E-state index contributed by atoms with van der Waals surface area (Å²) in [4.78, 5) is 21.3. The van der Waals surface area contributed by atoms with Crippen molar-refractivity contribution < 1.29 is 4.39 Å². The molecular weight excluding hydrogens is 515 g/mol. The van der Waals surface area contributed by atoms with Crippen LogP contribution in [0.2, 0.25) is 0 Å². The van der Waals surface area contributed by atoms with Gasteiger partial charge in [-0.25, -0.2) is 9.37 Å². The number of halogens is 1.